The van der Waals surface area contributed by atoms with Crippen LogP contribution in [0, 0.1) is 13.8 Å². The Hall–Kier alpha value is -1.69. The number of hydrogen-bond acceptors (Lipinski definition) is 4. The summed E-state index contributed by atoms with van der Waals surface area (Å²) in [4.78, 5) is 18.5. The third-order valence-corrected chi connectivity index (χ3v) is 3.19. The third kappa shape index (κ3) is 3.90. The number of nitrogens with one attached hydrogen (secondary N) is 1. The predicted octanol–water partition coefficient (Wildman–Crippen LogP) is 1.30. The molecule has 0 aliphatic rings. The van der Waals surface area contributed by atoms with Crippen LogP contribution in [0.2, 0.25) is 0 Å². The van der Waals surface area contributed by atoms with Crippen LogP contribution < -0.4 is 16.0 Å². The molecule has 0 aliphatic heterocycles. The maximum Gasteiger partial charge on any atom is 0.239 e. The van der Waals surface area contributed by atoms with E-state index >= 15 is 0 Å². The first kappa shape index (κ1) is 16.4. The van der Waals surface area contributed by atoms with Crippen LogP contribution in [0.25, 0.3) is 0 Å². The van der Waals surface area contributed by atoms with E-state index in [-0.39, 0.29) is 12.5 Å². The van der Waals surface area contributed by atoms with Crippen molar-refractivity contribution in [2.75, 3.05) is 24.5 Å². The molecule has 20 heavy (non-hydrogen) atoms. The quantitative estimate of drug-likeness (QED) is 0.774. The number of carbonyl (C=O) groups is 1. The van der Waals surface area contributed by atoms with Crippen LogP contribution in [0.3, 0.4) is 0 Å². The van der Waals surface area contributed by atoms with Crippen molar-refractivity contribution >= 4 is 28.8 Å². The second-order valence-corrected chi connectivity index (χ2v) is 5.01. The predicted molar refractivity (Wildman–Crippen MR) is 86.2 cm³/mol. The maximum absolute atomic E-state index is 11.8. The highest BCUT2D eigenvalue weighted by molar-refractivity contribution is 7.80. The van der Waals surface area contributed by atoms with Crippen molar-refractivity contribution in [2.45, 2.75) is 27.7 Å². The molecule has 1 amide bonds. The Balaban J connectivity index is 3.20. The molecule has 6 heteroatoms. The van der Waals surface area contributed by atoms with Crippen LogP contribution in [-0.4, -0.2) is 35.5 Å². The zero-order valence-corrected chi connectivity index (χ0v) is 13.3. The molecule has 0 aliphatic carbocycles. The molecule has 1 aromatic heterocycles. The number of anilines is 1. The summed E-state index contributed by atoms with van der Waals surface area (Å²) in [5.41, 5.74) is 9.10. The van der Waals surface area contributed by atoms with Crippen molar-refractivity contribution in [3.05, 3.63) is 23.0 Å². The van der Waals surface area contributed by atoms with Gasteiger partial charge in [0.1, 0.15) is 4.99 Å². The molecule has 0 aromatic carbocycles. The smallest absolute Gasteiger partial charge is 0.239 e. The average molecular weight is 294 g/mol. The van der Waals surface area contributed by atoms with E-state index in [0.717, 1.165) is 22.6 Å². The molecule has 0 saturated heterocycles. The molecule has 0 atom stereocenters. The largest absolute Gasteiger partial charge is 0.389 e. The van der Waals surface area contributed by atoms with Gasteiger partial charge >= 0.3 is 0 Å². The molecular weight excluding hydrogens is 272 g/mol. The van der Waals surface area contributed by atoms with Gasteiger partial charge in [-0.15, -0.1) is 0 Å². The molecule has 5 nitrogen and oxygen atoms in total. The van der Waals surface area contributed by atoms with Crippen molar-refractivity contribution in [3.8, 4) is 0 Å². The van der Waals surface area contributed by atoms with Gasteiger partial charge in [0.2, 0.25) is 5.91 Å². The van der Waals surface area contributed by atoms with E-state index in [4.69, 9.17) is 18.0 Å². The standard InChI is InChI=1S/C14H22N4OS/c1-5-16-12(19)8-18(6-2)11-7-9(3)17-10(4)13(11)14(15)20/h7H,5-6,8H2,1-4H3,(H2,15,20)(H,16,19). The van der Waals surface area contributed by atoms with E-state index < -0.39 is 0 Å². The highest BCUT2D eigenvalue weighted by Gasteiger charge is 2.17. The van der Waals surface area contributed by atoms with Crippen LogP contribution in [0.4, 0.5) is 5.69 Å². The van der Waals surface area contributed by atoms with E-state index in [9.17, 15) is 4.79 Å². The number of carbonyl (C=O) groups excluding carboxylic acids is 1. The topological polar surface area (TPSA) is 71.2 Å². The number of amides is 1. The van der Waals surface area contributed by atoms with Gasteiger partial charge in [-0.1, -0.05) is 12.2 Å². The maximum atomic E-state index is 11.8. The number of aryl methyl sites for hydroxylation is 2. The lowest BCUT2D eigenvalue weighted by molar-refractivity contribution is -0.119. The Kier molecular flexibility index (Phi) is 5.88. The molecule has 1 aromatic rings. The summed E-state index contributed by atoms with van der Waals surface area (Å²) in [5, 5.41) is 2.80. The molecule has 0 saturated carbocycles. The summed E-state index contributed by atoms with van der Waals surface area (Å²) in [5.74, 6) is -0.0182. The van der Waals surface area contributed by atoms with E-state index in [0.29, 0.717) is 18.1 Å². The molecule has 0 unspecified atom stereocenters. The molecule has 3 N–H and O–H groups in total. The normalized spacial score (nSPS) is 10.2. The zero-order chi connectivity index (χ0) is 15.3. The summed E-state index contributed by atoms with van der Waals surface area (Å²) < 4.78 is 0. The van der Waals surface area contributed by atoms with E-state index in [1.165, 1.54) is 0 Å². The monoisotopic (exact) mass is 294 g/mol. The minimum Gasteiger partial charge on any atom is -0.389 e. The number of thiocarbonyl (C=S) groups is 1. The number of nitrogens with two attached hydrogens (primary N) is 1. The Labute approximate surface area is 125 Å². The minimum atomic E-state index is -0.0182. The third-order valence-electron chi connectivity index (χ3n) is 2.98. The van der Waals surface area contributed by atoms with Crippen molar-refractivity contribution in [2.24, 2.45) is 5.73 Å². The van der Waals surface area contributed by atoms with Crippen LogP contribution in [-0.2, 0) is 4.79 Å². The van der Waals surface area contributed by atoms with E-state index in [1.54, 1.807) is 0 Å². The van der Waals surface area contributed by atoms with Crippen LogP contribution in [0.1, 0.15) is 30.8 Å². The second kappa shape index (κ2) is 7.19. The van der Waals surface area contributed by atoms with Crippen LogP contribution in [0.15, 0.2) is 6.07 Å². The SMILES string of the molecule is CCNC(=O)CN(CC)c1cc(C)nc(C)c1C(N)=S. The first-order chi connectivity index (χ1) is 9.40. The number of aromatic nitrogens is 1. The van der Waals surface area contributed by atoms with Crippen LogP contribution in [0.5, 0.6) is 0 Å². The van der Waals surface area contributed by atoms with Crippen molar-refractivity contribution in [1.82, 2.24) is 10.3 Å². The zero-order valence-electron chi connectivity index (χ0n) is 12.5. The van der Waals surface area contributed by atoms with Crippen molar-refractivity contribution < 1.29 is 4.79 Å². The summed E-state index contributed by atoms with van der Waals surface area (Å²) in [6, 6.07) is 1.92. The van der Waals surface area contributed by atoms with Gasteiger partial charge in [0.25, 0.3) is 0 Å². The molecule has 0 spiro atoms. The summed E-state index contributed by atoms with van der Waals surface area (Å²) in [6.45, 7) is 9.28. The number of hydrogen-bond donors (Lipinski definition) is 2. The van der Waals surface area contributed by atoms with Gasteiger partial charge in [-0.3, -0.25) is 9.78 Å². The lowest BCUT2D eigenvalue weighted by Gasteiger charge is -2.26. The molecule has 1 rings (SSSR count). The second-order valence-electron chi connectivity index (χ2n) is 4.58. The molecule has 0 fully saturated rings. The lowest BCUT2D eigenvalue weighted by Crippen LogP contribution is -2.38. The molecule has 1 heterocycles. The number of pyridine rings is 1. The van der Waals surface area contributed by atoms with Gasteiger partial charge in [-0.25, -0.2) is 0 Å². The van der Waals surface area contributed by atoms with Gasteiger partial charge in [0, 0.05) is 24.5 Å². The molecule has 110 valence electrons. The van der Waals surface area contributed by atoms with Gasteiger partial charge < -0.3 is 16.0 Å². The van der Waals surface area contributed by atoms with Crippen LogP contribution >= 0.6 is 12.2 Å². The summed E-state index contributed by atoms with van der Waals surface area (Å²) >= 11 is 5.12. The lowest BCUT2D eigenvalue weighted by atomic mass is 10.1. The van der Waals surface area contributed by atoms with Gasteiger partial charge in [-0.2, -0.15) is 0 Å². The molecule has 0 bridgehead atoms. The fraction of sp³-hybridized carbons (Fsp3) is 0.500. The summed E-state index contributed by atoms with van der Waals surface area (Å²) in [7, 11) is 0. The van der Waals surface area contributed by atoms with Crippen molar-refractivity contribution in [1.29, 1.82) is 0 Å². The minimum absolute atomic E-state index is 0.0182. The van der Waals surface area contributed by atoms with Gasteiger partial charge in [-0.05, 0) is 33.8 Å². The number of likely N-dealkylation sites (N-methyl/N-ethyl adjacent to an activating group) is 2. The van der Waals surface area contributed by atoms with Crippen molar-refractivity contribution in [3.63, 3.8) is 0 Å². The Morgan fingerprint density at radius 2 is 2.10 bits per heavy atom. The Morgan fingerprint density at radius 1 is 1.45 bits per heavy atom. The first-order valence-corrected chi connectivity index (χ1v) is 7.11. The van der Waals surface area contributed by atoms with Gasteiger partial charge in [0.15, 0.2) is 0 Å². The molecular formula is C14H22N4OS. The molecule has 0 radical (unpaired) electrons. The number of nitrogens with zero attached hydrogens (tertiary/aromatic N) is 2. The highest BCUT2D eigenvalue weighted by atomic mass is 32.1. The summed E-state index contributed by atoms with van der Waals surface area (Å²) in [6.07, 6.45) is 0. The highest BCUT2D eigenvalue weighted by Crippen LogP contribution is 2.23. The number of rotatable bonds is 6. The fourth-order valence-corrected chi connectivity index (χ4v) is 2.41. The Bertz CT molecular complexity index is 516. The Morgan fingerprint density at radius 3 is 2.60 bits per heavy atom. The van der Waals surface area contributed by atoms with E-state index in [1.807, 2.05) is 38.7 Å². The first-order valence-electron chi connectivity index (χ1n) is 6.70. The average Bonchev–Trinajstić information content (AvgIpc) is 2.34. The van der Waals surface area contributed by atoms with E-state index in [2.05, 4.69) is 10.3 Å². The fourth-order valence-electron chi connectivity index (χ4n) is 2.16. The van der Waals surface area contributed by atoms with Gasteiger partial charge in [0.05, 0.1) is 17.8 Å².